The first-order valence-electron chi connectivity index (χ1n) is 5.79. The van der Waals surface area contributed by atoms with Crippen molar-refractivity contribution in [2.75, 3.05) is 0 Å². The van der Waals surface area contributed by atoms with Gasteiger partial charge in [-0.3, -0.25) is 0 Å². The van der Waals surface area contributed by atoms with Gasteiger partial charge in [0.15, 0.2) is 4.67 Å². The number of aliphatic hydroxyl groups is 1. The van der Waals surface area contributed by atoms with E-state index in [1.165, 1.54) is 17.5 Å². The zero-order valence-corrected chi connectivity index (χ0v) is 10.9. The highest BCUT2D eigenvalue weighted by Crippen LogP contribution is 2.30. The fourth-order valence-corrected chi connectivity index (χ4v) is 2.72. The van der Waals surface area contributed by atoms with Crippen LogP contribution in [-0.4, -0.2) is 5.11 Å². The summed E-state index contributed by atoms with van der Waals surface area (Å²) in [6, 6.07) is 9.81. The highest BCUT2D eigenvalue weighted by atomic mass is 79.9. The van der Waals surface area contributed by atoms with Crippen molar-refractivity contribution in [3.05, 3.63) is 57.5 Å². The van der Waals surface area contributed by atoms with Gasteiger partial charge in [-0.25, -0.2) is 0 Å². The van der Waals surface area contributed by atoms with E-state index in [1.807, 2.05) is 6.07 Å². The first-order chi connectivity index (χ1) is 8.24. The molecule has 1 aliphatic rings. The molecule has 17 heavy (non-hydrogen) atoms. The van der Waals surface area contributed by atoms with Crippen molar-refractivity contribution < 1.29 is 9.52 Å². The van der Waals surface area contributed by atoms with E-state index < -0.39 is 6.10 Å². The van der Waals surface area contributed by atoms with Gasteiger partial charge in [-0.2, -0.15) is 0 Å². The minimum Gasteiger partial charge on any atom is -0.451 e. The summed E-state index contributed by atoms with van der Waals surface area (Å²) in [5.41, 5.74) is 3.70. The maximum absolute atomic E-state index is 10.2. The average molecular weight is 293 g/mol. The van der Waals surface area contributed by atoms with Gasteiger partial charge in [0.25, 0.3) is 0 Å². The first kappa shape index (κ1) is 11.1. The smallest absolute Gasteiger partial charge is 0.169 e. The molecular formula is C14H13BrO2. The molecule has 1 aromatic heterocycles. The minimum atomic E-state index is -0.674. The molecule has 0 aliphatic heterocycles. The molecule has 88 valence electrons. The van der Waals surface area contributed by atoms with Crippen LogP contribution in [0.1, 0.15) is 35.0 Å². The number of rotatable bonds is 2. The lowest BCUT2D eigenvalue weighted by Gasteiger charge is -2.10. The molecule has 0 saturated heterocycles. The van der Waals surface area contributed by atoms with Gasteiger partial charge < -0.3 is 9.52 Å². The molecule has 2 aromatic rings. The molecule has 1 unspecified atom stereocenters. The molecule has 0 saturated carbocycles. The first-order valence-corrected chi connectivity index (χ1v) is 6.58. The Bertz CT molecular complexity index is 545. The maximum atomic E-state index is 10.2. The van der Waals surface area contributed by atoms with Crippen molar-refractivity contribution in [3.8, 4) is 0 Å². The topological polar surface area (TPSA) is 33.4 Å². The molecule has 0 radical (unpaired) electrons. The second kappa shape index (κ2) is 4.31. The van der Waals surface area contributed by atoms with E-state index in [1.54, 1.807) is 12.1 Å². The quantitative estimate of drug-likeness (QED) is 0.917. The number of furan rings is 1. The molecule has 0 spiro atoms. The van der Waals surface area contributed by atoms with Gasteiger partial charge in [0, 0.05) is 0 Å². The number of aliphatic hydroxyl groups excluding tert-OH is 1. The van der Waals surface area contributed by atoms with Crippen LogP contribution in [-0.2, 0) is 12.8 Å². The van der Waals surface area contributed by atoms with Gasteiger partial charge in [0.05, 0.1) is 0 Å². The van der Waals surface area contributed by atoms with E-state index in [0.29, 0.717) is 10.4 Å². The summed E-state index contributed by atoms with van der Waals surface area (Å²) in [4.78, 5) is 0. The lowest BCUT2D eigenvalue weighted by molar-refractivity contribution is 0.187. The largest absolute Gasteiger partial charge is 0.451 e. The molecule has 3 heteroatoms. The summed E-state index contributed by atoms with van der Waals surface area (Å²) < 4.78 is 6.03. The van der Waals surface area contributed by atoms with Crippen LogP contribution in [0.4, 0.5) is 0 Å². The average Bonchev–Trinajstić information content (AvgIpc) is 2.95. The maximum Gasteiger partial charge on any atom is 0.169 e. The molecule has 1 aliphatic carbocycles. The SMILES string of the molecule is OC(c1ccc2c(c1)CCC2)c1ccc(Br)o1. The fraction of sp³-hybridized carbons (Fsp3) is 0.286. The molecule has 3 rings (SSSR count). The van der Waals surface area contributed by atoms with Crippen LogP contribution >= 0.6 is 15.9 Å². The summed E-state index contributed by atoms with van der Waals surface area (Å²) in [6.07, 6.45) is 2.84. The summed E-state index contributed by atoms with van der Waals surface area (Å²) in [5, 5.41) is 10.2. The third-order valence-corrected chi connectivity index (χ3v) is 3.73. The zero-order chi connectivity index (χ0) is 11.8. The van der Waals surface area contributed by atoms with Crippen molar-refractivity contribution in [1.29, 1.82) is 0 Å². The van der Waals surface area contributed by atoms with Crippen LogP contribution in [0.25, 0.3) is 0 Å². The number of fused-ring (bicyclic) bond motifs is 1. The third-order valence-electron chi connectivity index (χ3n) is 3.30. The van der Waals surface area contributed by atoms with Crippen LogP contribution < -0.4 is 0 Å². The van der Waals surface area contributed by atoms with Gasteiger partial charge in [-0.15, -0.1) is 0 Å². The van der Waals surface area contributed by atoms with Crippen LogP contribution in [0.2, 0.25) is 0 Å². The Morgan fingerprint density at radius 3 is 2.71 bits per heavy atom. The predicted octanol–water partition coefficient (Wildman–Crippen LogP) is 3.61. The second-order valence-corrected chi connectivity index (χ2v) is 5.21. The molecule has 1 heterocycles. The van der Waals surface area contributed by atoms with Crippen molar-refractivity contribution in [3.63, 3.8) is 0 Å². The highest BCUT2D eigenvalue weighted by Gasteiger charge is 2.17. The fourth-order valence-electron chi connectivity index (χ4n) is 2.40. The molecular weight excluding hydrogens is 280 g/mol. The normalized spacial score (nSPS) is 15.9. The van der Waals surface area contributed by atoms with Gasteiger partial charge in [0.2, 0.25) is 0 Å². The Morgan fingerprint density at radius 2 is 1.94 bits per heavy atom. The summed E-state index contributed by atoms with van der Waals surface area (Å²) in [6.45, 7) is 0. The van der Waals surface area contributed by atoms with Crippen molar-refractivity contribution in [2.45, 2.75) is 25.4 Å². The van der Waals surface area contributed by atoms with Crippen LogP contribution in [0, 0.1) is 0 Å². The van der Waals surface area contributed by atoms with Crippen molar-refractivity contribution >= 4 is 15.9 Å². The molecule has 0 bridgehead atoms. The number of hydrogen-bond donors (Lipinski definition) is 1. The molecule has 0 fully saturated rings. The Morgan fingerprint density at radius 1 is 1.12 bits per heavy atom. The molecule has 2 nitrogen and oxygen atoms in total. The van der Waals surface area contributed by atoms with Gasteiger partial charge in [0.1, 0.15) is 11.9 Å². The Kier molecular flexibility index (Phi) is 2.81. The van der Waals surface area contributed by atoms with E-state index >= 15 is 0 Å². The van der Waals surface area contributed by atoms with Crippen molar-refractivity contribution in [2.24, 2.45) is 0 Å². The Balaban J connectivity index is 1.94. The van der Waals surface area contributed by atoms with Crippen molar-refractivity contribution in [1.82, 2.24) is 0 Å². The zero-order valence-electron chi connectivity index (χ0n) is 9.32. The predicted molar refractivity (Wildman–Crippen MR) is 68.9 cm³/mol. The molecule has 1 atom stereocenters. The highest BCUT2D eigenvalue weighted by molar-refractivity contribution is 9.10. The second-order valence-electron chi connectivity index (χ2n) is 4.43. The van der Waals surface area contributed by atoms with Crippen LogP contribution in [0.5, 0.6) is 0 Å². The number of benzene rings is 1. The van der Waals surface area contributed by atoms with E-state index in [4.69, 9.17) is 4.42 Å². The van der Waals surface area contributed by atoms with Gasteiger partial charge >= 0.3 is 0 Å². The monoisotopic (exact) mass is 292 g/mol. The Labute approximate surface area is 108 Å². The lowest BCUT2D eigenvalue weighted by atomic mass is 10.0. The summed E-state index contributed by atoms with van der Waals surface area (Å²) in [5.74, 6) is 0.579. The minimum absolute atomic E-state index is 0.579. The van der Waals surface area contributed by atoms with E-state index in [9.17, 15) is 5.11 Å². The number of halogens is 1. The van der Waals surface area contributed by atoms with Gasteiger partial charge in [-0.05, 0) is 64.0 Å². The summed E-state index contributed by atoms with van der Waals surface area (Å²) in [7, 11) is 0. The number of hydrogen-bond acceptors (Lipinski definition) is 2. The summed E-state index contributed by atoms with van der Waals surface area (Å²) >= 11 is 3.24. The standard InChI is InChI=1S/C14H13BrO2/c15-13-7-6-12(17-13)14(16)11-5-4-9-2-1-3-10(9)8-11/h4-8,14,16H,1-3H2. The lowest BCUT2D eigenvalue weighted by Crippen LogP contribution is -1.99. The number of aryl methyl sites for hydroxylation is 2. The van der Waals surface area contributed by atoms with E-state index in [0.717, 1.165) is 18.4 Å². The Hall–Kier alpha value is -1.06. The third kappa shape index (κ3) is 2.05. The molecule has 1 N–H and O–H groups in total. The van der Waals surface area contributed by atoms with Gasteiger partial charge in [-0.1, -0.05) is 18.2 Å². The molecule has 0 amide bonds. The van der Waals surface area contributed by atoms with Crippen LogP contribution in [0.15, 0.2) is 39.4 Å². The van der Waals surface area contributed by atoms with E-state index in [-0.39, 0.29) is 0 Å². The molecule has 1 aromatic carbocycles. The van der Waals surface area contributed by atoms with Crippen LogP contribution in [0.3, 0.4) is 0 Å². The van der Waals surface area contributed by atoms with E-state index in [2.05, 4.69) is 28.1 Å².